The fourth-order valence-electron chi connectivity index (χ4n) is 4.44. The van der Waals surface area contributed by atoms with Crippen molar-refractivity contribution >= 4 is 0 Å². The van der Waals surface area contributed by atoms with Crippen LogP contribution in [0, 0.1) is 34.9 Å². The maximum absolute atomic E-state index is 13.8. The molecule has 0 unspecified atom stereocenters. The van der Waals surface area contributed by atoms with E-state index >= 15 is 0 Å². The zero-order valence-corrected chi connectivity index (χ0v) is 16.5. The average molecular weight is 374 g/mol. The number of benzene rings is 1. The number of nitriles is 1. The molecule has 0 atom stereocenters. The molecule has 1 heterocycles. The van der Waals surface area contributed by atoms with E-state index in [4.69, 9.17) is 14.7 Å². The van der Waals surface area contributed by atoms with Crippen LogP contribution in [0.2, 0.25) is 0 Å². The molecule has 0 bridgehead atoms. The van der Waals surface area contributed by atoms with Gasteiger partial charge in [-0.05, 0) is 30.4 Å². The first-order valence-corrected chi connectivity index (χ1v) is 10.6. The SMILES string of the molecule is CCCCC1CCC(CCC2COC(c3ccc(C#N)c(F)c3)OC2)CC1. The second kappa shape index (κ2) is 10.2. The van der Waals surface area contributed by atoms with Gasteiger partial charge in [-0.2, -0.15) is 5.26 Å². The highest BCUT2D eigenvalue weighted by atomic mass is 19.1. The summed E-state index contributed by atoms with van der Waals surface area (Å²) < 4.78 is 25.4. The first-order valence-electron chi connectivity index (χ1n) is 10.6. The van der Waals surface area contributed by atoms with E-state index in [9.17, 15) is 4.39 Å². The summed E-state index contributed by atoms with van der Waals surface area (Å²) >= 11 is 0. The van der Waals surface area contributed by atoms with Crippen molar-refractivity contribution in [1.82, 2.24) is 0 Å². The zero-order chi connectivity index (χ0) is 19.1. The number of hydrogen-bond donors (Lipinski definition) is 0. The van der Waals surface area contributed by atoms with Crippen LogP contribution < -0.4 is 0 Å². The van der Waals surface area contributed by atoms with Crippen LogP contribution in [0.15, 0.2) is 18.2 Å². The van der Waals surface area contributed by atoms with Crippen molar-refractivity contribution in [3.8, 4) is 6.07 Å². The summed E-state index contributed by atoms with van der Waals surface area (Å²) in [6, 6.07) is 6.38. The van der Waals surface area contributed by atoms with Gasteiger partial charge in [-0.25, -0.2) is 4.39 Å². The van der Waals surface area contributed by atoms with Crippen LogP contribution in [0.5, 0.6) is 0 Å². The highest BCUT2D eigenvalue weighted by molar-refractivity contribution is 5.33. The molecule has 0 aromatic heterocycles. The van der Waals surface area contributed by atoms with Gasteiger partial charge in [0.2, 0.25) is 0 Å². The summed E-state index contributed by atoms with van der Waals surface area (Å²) in [5.74, 6) is 1.76. The van der Waals surface area contributed by atoms with Crippen LogP contribution in [0.3, 0.4) is 0 Å². The molecule has 1 aromatic rings. The van der Waals surface area contributed by atoms with Crippen LogP contribution in [-0.4, -0.2) is 13.2 Å². The van der Waals surface area contributed by atoms with Gasteiger partial charge in [0, 0.05) is 11.5 Å². The molecule has 0 N–H and O–H groups in total. The minimum Gasteiger partial charge on any atom is -0.348 e. The van der Waals surface area contributed by atoms with Crippen molar-refractivity contribution in [2.75, 3.05) is 13.2 Å². The number of hydrogen-bond acceptors (Lipinski definition) is 3. The molecule has 3 rings (SSSR count). The molecule has 2 aliphatic rings. The highest BCUT2D eigenvalue weighted by Crippen LogP contribution is 2.36. The van der Waals surface area contributed by atoms with E-state index in [0.29, 0.717) is 24.7 Å². The van der Waals surface area contributed by atoms with E-state index in [0.717, 1.165) is 18.3 Å². The summed E-state index contributed by atoms with van der Waals surface area (Å²) in [6.07, 6.45) is 11.6. The van der Waals surface area contributed by atoms with Crippen LogP contribution in [-0.2, 0) is 9.47 Å². The number of halogens is 1. The maximum Gasteiger partial charge on any atom is 0.183 e. The molecule has 1 aliphatic carbocycles. The van der Waals surface area contributed by atoms with E-state index in [1.165, 1.54) is 63.5 Å². The Kier molecular flexibility index (Phi) is 7.67. The number of nitrogens with zero attached hydrogens (tertiary/aromatic N) is 1. The fourth-order valence-corrected chi connectivity index (χ4v) is 4.44. The van der Waals surface area contributed by atoms with Gasteiger partial charge in [-0.15, -0.1) is 0 Å². The Bertz CT molecular complexity index is 626. The minimum absolute atomic E-state index is 0.0526. The summed E-state index contributed by atoms with van der Waals surface area (Å²) in [7, 11) is 0. The Hall–Kier alpha value is -1.44. The van der Waals surface area contributed by atoms with Gasteiger partial charge in [0.25, 0.3) is 0 Å². The Balaban J connectivity index is 1.37. The van der Waals surface area contributed by atoms with Crippen LogP contribution in [0.25, 0.3) is 0 Å². The zero-order valence-electron chi connectivity index (χ0n) is 16.5. The van der Waals surface area contributed by atoms with Gasteiger partial charge < -0.3 is 9.47 Å². The largest absolute Gasteiger partial charge is 0.348 e. The van der Waals surface area contributed by atoms with Crippen molar-refractivity contribution in [3.05, 3.63) is 35.1 Å². The third-order valence-corrected chi connectivity index (χ3v) is 6.27. The van der Waals surface area contributed by atoms with Gasteiger partial charge in [-0.1, -0.05) is 64.4 Å². The number of unbranched alkanes of at least 4 members (excludes halogenated alkanes) is 1. The van der Waals surface area contributed by atoms with Crippen molar-refractivity contribution in [3.63, 3.8) is 0 Å². The number of rotatable bonds is 7. The van der Waals surface area contributed by atoms with Crippen molar-refractivity contribution in [2.45, 2.75) is 71.0 Å². The van der Waals surface area contributed by atoms with Crippen LogP contribution >= 0.6 is 0 Å². The molecule has 148 valence electrons. The third kappa shape index (κ3) is 5.77. The predicted molar refractivity (Wildman–Crippen MR) is 103 cm³/mol. The number of ether oxygens (including phenoxy) is 2. The molecule has 1 aromatic carbocycles. The highest BCUT2D eigenvalue weighted by Gasteiger charge is 2.26. The van der Waals surface area contributed by atoms with Gasteiger partial charge in [0.1, 0.15) is 11.9 Å². The summed E-state index contributed by atoms with van der Waals surface area (Å²) in [4.78, 5) is 0. The molecule has 1 saturated heterocycles. The van der Waals surface area contributed by atoms with Gasteiger partial charge in [0.15, 0.2) is 6.29 Å². The quantitative estimate of drug-likeness (QED) is 0.577. The van der Waals surface area contributed by atoms with E-state index in [1.807, 2.05) is 6.07 Å². The topological polar surface area (TPSA) is 42.2 Å². The lowest BCUT2D eigenvalue weighted by Gasteiger charge is -2.32. The maximum atomic E-state index is 13.8. The first-order chi connectivity index (χ1) is 13.2. The third-order valence-electron chi connectivity index (χ3n) is 6.27. The van der Waals surface area contributed by atoms with Crippen molar-refractivity contribution in [1.29, 1.82) is 5.26 Å². The standard InChI is InChI=1S/C23H32FNO2/c1-2-3-4-17-5-7-18(8-6-17)9-10-19-15-26-23(27-16-19)20-11-12-21(14-25)22(24)13-20/h11-13,17-19,23H,2-10,15-16H2,1H3. The van der Waals surface area contributed by atoms with Crippen molar-refractivity contribution in [2.24, 2.45) is 17.8 Å². The Labute approximate surface area is 162 Å². The molecule has 1 saturated carbocycles. The Morgan fingerprint density at radius 1 is 1.00 bits per heavy atom. The summed E-state index contributed by atoms with van der Waals surface area (Å²) in [5, 5.41) is 8.82. The van der Waals surface area contributed by atoms with E-state index < -0.39 is 12.1 Å². The molecule has 0 radical (unpaired) electrons. The molecular weight excluding hydrogens is 341 g/mol. The molecule has 0 spiro atoms. The van der Waals surface area contributed by atoms with Crippen molar-refractivity contribution < 1.29 is 13.9 Å². The summed E-state index contributed by atoms with van der Waals surface area (Å²) in [6.45, 7) is 3.61. The molecule has 4 heteroatoms. The van der Waals surface area contributed by atoms with Crippen LogP contribution in [0.1, 0.15) is 82.1 Å². The second-order valence-electron chi connectivity index (χ2n) is 8.32. The second-order valence-corrected chi connectivity index (χ2v) is 8.32. The van der Waals surface area contributed by atoms with E-state index in [2.05, 4.69) is 6.92 Å². The predicted octanol–water partition coefficient (Wildman–Crippen LogP) is 6.14. The smallest absolute Gasteiger partial charge is 0.183 e. The van der Waals surface area contributed by atoms with Crippen LogP contribution in [0.4, 0.5) is 4.39 Å². The molecule has 1 aliphatic heterocycles. The van der Waals surface area contributed by atoms with E-state index in [-0.39, 0.29) is 5.56 Å². The lowest BCUT2D eigenvalue weighted by Crippen LogP contribution is -2.28. The normalized spacial score (nSPS) is 28.6. The average Bonchev–Trinajstić information content (AvgIpc) is 2.72. The van der Waals surface area contributed by atoms with Gasteiger partial charge in [0.05, 0.1) is 18.8 Å². The fraction of sp³-hybridized carbons (Fsp3) is 0.696. The van der Waals surface area contributed by atoms with Gasteiger partial charge >= 0.3 is 0 Å². The molecule has 3 nitrogen and oxygen atoms in total. The Morgan fingerprint density at radius 3 is 2.22 bits per heavy atom. The minimum atomic E-state index is -0.516. The Morgan fingerprint density at radius 2 is 1.63 bits per heavy atom. The van der Waals surface area contributed by atoms with Gasteiger partial charge in [-0.3, -0.25) is 0 Å². The molecule has 27 heavy (non-hydrogen) atoms. The first kappa shape index (κ1) is 20.3. The molecular formula is C23H32FNO2. The summed E-state index contributed by atoms with van der Waals surface area (Å²) in [5.41, 5.74) is 0.701. The van der Waals surface area contributed by atoms with E-state index in [1.54, 1.807) is 6.07 Å². The lowest BCUT2D eigenvalue weighted by atomic mass is 9.77. The lowest BCUT2D eigenvalue weighted by molar-refractivity contribution is -0.206. The molecule has 2 fully saturated rings. The molecule has 0 amide bonds. The monoisotopic (exact) mass is 373 g/mol.